The predicted molar refractivity (Wildman–Crippen MR) is 329 cm³/mol. The Bertz CT molecular complexity index is 1080. The van der Waals surface area contributed by atoms with Gasteiger partial charge in [-0.1, -0.05) is 367 Å². The molecule has 0 aliphatic heterocycles. The van der Waals surface area contributed by atoms with Crippen molar-refractivity contribution in [3.8, 4) is 0 Å². The molecule has 448 valence electrons. The van der Waals surface area contributed by atoms with Gasteiger partial charge in [-0.05, 0) is 25.7 Å². The van der Waals surface area contributed by atoms with Crippen LogP contribution in [0.15, 0.2) is 0 Å². The third-order valence-corrected chi connectivity index (χ3v) is 16.7. The van der Waals surface area contributed by atoms with E-state index in [1.807, 2.05) is 0 Å². The third kappa shape index (κ3) is 61.9. The number of ether oxygens (including phenoxy) is 1. The molecule has 0 aliphatic carbocycles. The van der Waals surface area contributed by atoms with Crippen LogP contribution in [0.2, 0.25) is 0 Å². The van der Waals surface area contributed by atoms with Gasteiger partial charge in [0.25, 0.3) is 0 Å². The lowest BCUT2D eigenvalue weighted by atomic mass is 10.0. The lowest BCUT2D eigenvalue weighted by molar-refractivity contribution is -0.143. The van der Waals surface area contributed by atoms with E-state index in [4.69, 9.17) is 4.74 Å². The highest BCUT2D eigenvalue weighted by Gasteiger charge is 2.20. The SMILES string of the molecule is CCCCCCCCCCCCCCCCCCCCCCCCCC(O)C(CO)NC(=O)CCCCCCCCCCCCCCCCCCOC(=O)CCCCCCCCCCCCCCCCCCCCC. The number of unbranched alkanes of at least 4 members (excludes halogenated alkanes) is 55. The van der Waals surface area contributed by atoms with Crippen molar-refractivity contribution in [2.45, 2.75) is 418 Å². The molecule has 0 aliphatic rings. The number of esters is 1. The first-order valence-corrected chi connectivity index (χ1v) is 34.8. The summed E-state index contributed by atoms with van der Waals surface area (Å²) >= 11 is 0. The van der Waals surface area contributed by atoms with Crippen LogP contribution in [-0.2, 0) is 14.3 Å². The first-order valence-electron chi connectivity index (χ1n) is 34.8. The zero-order chi connectivity index (χ0) is 54.3. The van der Waals surface area contributed by atoms with E-state index >= 15 is 0 Å². The zero-order valence-electron chi connectivity index (χ0n) is 51.3. The number of nitrogens with one attached hydrogen (secondary N) is 1. The molecule has 1 amide bonds. The van der Waals surface area contributed by atoms with Gasteiger partial charge in [0.1, 0.15) is 0 Å². The molecule has 0 heterocycles. The second-order valence-electron chi connectivity index (χ2n) is 24.2. The molecular formula is C69H137NO5. The smallest absolute Gasteiger partial charge is 0.305 e. The maximum absolute atomic E-state index is 12.5. The van der Waals surface area contributed by atoms with E-state index in [9.17, 15) is 19.8 Å². The molecule has 0 rings (SSSR count). The third-order valence-electron chi connectivity index (χ3n) is 16.7. The molecule has 0 aromatic heterocycles. The number of rotatable bonds is 66. The van der Waals surface area contributed by atoms with Gasteiger partial charge in [-0.2, -0.15) is 0 Å². The lowest BCUT2D eigenvalue weighted by Gasteiger charge is -2.22. The van der Waals surface area contributed by atoms with Crippen molar-refractivity contribution >= 4 is 11.9 Å². The average molecular weight is 1060 g/mol. The Hall–Kier alpha value is -1.14. The van der Waals surface area contributed by atoms with E-state index in [1.54, 1.807) is 0 Å². The topological polar surface area (TPSA) is 95.9 Å². The first kappa shape index (κ1) is 73.9. The Morgan fingerprint density at radius 3 is 0.813 bits per heavy atom. The fourth-order valence-electron chi connectivity index (χ4n) is 11.4. The summed E-state index contributed by atoms with van der Waals surface area (Å²) in [7, 11) is 0. The molecular weight excluding hydrogens is 923 g/mol. The molecule has 2 unspecified atom stereocenters. The summed E-state index contributed by atoms with van der Waals surface area (Å²) in [6.07, 6.45) is 78.5. The molecule has 3 N–H and O–H groups in total. The highest BCUT2D eigenvalue weighted by molar-refractivity contribution is 5.76. The summed E-state index contributed by atoms with van der Waals surface area (Å²) in [4.78, 5) is 24.7. The van der Waals surface area contributed by atoms with Crippen LogP contribution in [0.5, 0.6) is 0 Å². The van der Waals surface area contributed by atoms with Crippen molar-refractivity contribution in [3.63, 3.8) is 0 Å². The van der Waals surface area contributed by atoms with Crippen molar-refractivity contribution in [2.24, 2.45) is 0 Å². The standard InChI is InChI=1S/C69H137NO5/c1-3-5-7-9-11-13-15-17-19-21-23-24-25-26-28-29-33-37-41-45-49-53-57-61-67(72)66(65-71)70-68(73)62-58-54-50-46-42-38-34-31-32-36-40-44-48-52-56-60-64-75-69(74)63-59-55-51-47-43-39-35-30-27-22-20-18-16-14-12-10-8-6-4-2/h66-67,71-72H,3-65H2,1-2H3,(H,70,73). The van der Waals surface area contributed by atoms with E-state index < -0.39 is 12.1 Å². The molecule has 0 bridgehead atoms. The van der Waals surface area contributed by atoms with Gasteiger partial charge in [-0.3, -0.25) is 9.59 Å². The molecule has 0 saturated heterocycles. The molecule has 0 saturated carbocycles. The molecule has 6 heteroatoms. The number of carbonyl (C=O) groups excluding carboxylic acids is 2. The number of carbonyl (C=O) groups is 2. The minimum atomic E-state index is -0.669. The molecule has 75 heavy (non-hydrogen) atoms. The van der Waals surface area contributed by atoms with Crippen LogP contribution in [0.3, 0.4) is 0 Å². The normalized spacial score (nSPS) is 12.4. The van der Waals surface area contributed by atoms with Gasteiger partial charge in [0.15, 0.2) is 0 Å². The Morgan fingerprint density at radius 2 is 0.547 bits per heavy atom. The quantitative estimate of drug-likeness (QED) is 0.0417. The second kappa shape index (κ2) is 65.4. The number of hydrogen-bond donors (Lipinski definition) is 3. The Kier molecular flexibility index (Phi) is 64.4. The average Bonchev–Trinajstić information content (AvgIpc) is 3.41. The molecule has 0 fully saturated rings. The predicted octanol–water partition coefficient (Wildman–Crippen LogP) is 22.2. The van der Waals surface area contributed by atoms with Crippen molar-refractivity contribution in [2.75, 3.05) is 13.2 Å². The largest absolute Gasteiger partial charge is 0.466 e. The summed E-state index contributed by atoms with van der Waals surface area (Å²) < 4.78 is 5.51. The lowest BCUT2D eigenvalue weighted by Crippen LogP contribution is -2.45. The number of aliphatic hydroxyl groups is 2. The highest BCUT2D eigenvalue weighted by Crippen LogP contribution is 2.19. The second-order valence-corrected chi connectivity index (χ2v) is 24.2. The van der Waals surface area contributed by atoms with Gasteiger partial charge in [-0.15, -0.1) is 0 Å². The number of amides is 1. The minimum absolute atomic E-state index is 0.00986. The summed E-state index contributed by atoms with van der Waals surface area (Å²) in [5.74, 6) is -0.0260. The molecule has 0 radical (unpaired) electrons. The van der Waals surface area contributed by atoms with E-state index in [-0.39, 0.29) is 18.5 Å². The van der Waals surface area contributed by atoms with Crippen LogP contribution in [0, 0.1) is 0 Å². The van der Waals surface area contributed by atoms with Crippen LogP contribution in [-0.4, -0.2) is 47.4 Å². The van der Waals surface area contributed by atoms with Gasteiger partial charge in [0.05, 0.1) is 25.4 Å². The van der Waals surface area contributed by atoms with Gasteiger partial charge >= 0.3 is 5.97 Å². The maximum atomic E-state index is 12.5. The molecule has 0 spiro atoms. The summed E-state index contributed by atoms with van der Waals surface area (Å²) in [6, 6.07) is -0.547. The molecule has 0 aromatic rings. The summed E-state index contributed by atoms with van der Waals surface area (Å²) in [5, 5.41) is 23.4. The van der Waals surface area contributed by atoms with E-state index in [0.717, 1.165) is 38.5 Å². The van der Waals surface area contributed by atoms with Gasteiger partial charge in [0.2, 0.25) is 5.91 Å². The van der Waals surface area contributed by atoms with Crippen molar-refractivity contribution in [3.05, 3.63) is 0 Å². The van der Waals surface area contributed by atoms with Crippen LogP contribution in [0.25, 0.3) is 0 Å². The van der Waals surface area contributed by atoms with E-state index in [0.29, 0.717) is 25.9 Å². The highest BCUT2D eigenvalue weighted by atomic mass is 16.5. The Labute approximate surface area is 470 Å². The Balaban J connectivity index is 3.38. The van der Waals surface area contributed by atoms with Gasteiger partial charge < -0.3 is 20.3 Å². The van der Waals surface area contributed by atoms with Crippen molar-refractivity contribution in [1.29, 1.82) is 0 Å². The monoisotopic (exact) mass is 1060 g/mol. The zero-order valence-corrected chi connectivity index (χ0v) is 51.3. The van der Waals surface area contributed by atoms with E-state index in [2.05, 4.69) is 19.2 Å². The minimum Gasteiger partial charge on any atom is -0.466 e. The number of hydrogen-bond acceptors (Lipinski definition) is 5. The Morgan fingerprint density at radius 1 is 0.320 bits per heavy atom. The fourth-order valence-corrected chi connectivity index (χ4v) is 11.4. The van der Waals surface area contributed by atoms with Gasteiger partial charge in [0, 0.05) is 12.8 Å². The summed E-state index contributed by atoms with van der Waals surface area (Å²) in [5.41, 5.74) is 0. The molecule has 2 atom stereocenters. The van der Waals surface area contributed by atoms with Crippen LogP contribution in [0.4, 0.5) is 0 Å². The van der Waals surface area contributed by atoms with Gasteiger partial charge in [-0.25, -0.2) is 0 Å². The van der Waals surface area contributed by atoms with Crippen molar-refractivity contribution < 1.29 is 24.5 Å². The van der Waals surface area contributed by atoms with Crippen molar-refractivity contribution in [1.82, 2.24) is 5.32 Å². The first-order chi connectivity index (χ1) is 37.0. The van der Waals surface area contributed by atoms with E-state index in [1.165, 1.54) is 334 Å². The van der Waals surface area contributed by atoms with Crippen LogP contribution >= 0.6 is 0 Å². The van der Waals surface area contributed by atoms with Crippen LogP contribution < -0.4 is 5.32 Å². The summed E-state index contributed by atoms with van der Waals surface area (Å²) in [6.45, 7) is 4.99. The number of aliphatic hydroxyl groups excluding tert-OH is 2. The van der Waals surface area contributed by atoms with Crippen LogP contribution in [0.1, 0.15) is 406 Å². The molecule has 0 aromatic carbocycles. The maximum Gasteiger partial charge on any atom is 0.305 e. The fraction of sp³-hybridized carbons (Fsp3) is 0.971. The molecule has 6 nitrogen and oxygen atoms in total.